The van der Waals surface area contributed by atoms with Crippen LogP contribution >= 0.6 is 11.3 Å². The molecule has 3 rings (SSSR count). The Kier molecular flexibility index (Phi) is 2.34. The molecule has 0 aliphatic heterocycles. The Labute approximate surface area is 101 Å². The molecule has 0 saturated carbocycles. The molecule has 0 saturated heterocycles. The first-order valence-electron chi connectivity index (χ1n) is 5.47. The molecular weight excluding hydrogens is 228 g/mol. The van der Waals surface area contributed by atoms with Crippen molar-refractivity contribution in [1.29, 1.82) is 0 Å². The van der Waals surface area contributed by atoms with Crippen molar-refractivity contribution < 1.29 is 0 Å². The highest BCUT2D eigenvalue weighted by molar-refractivity contribution is 7.25. The summed E-state index contributed by atoms with van der Waals surface area (Å²) in [6, 6.07) is 15.7. The molecule has 2 aromatic carbocycles. The molecule has 16 heavy (non-hydrogen) atoms. The van der Waals surface area contributed by atoms with E-state index in [0.29, 0.717) is 0 Å². The smallest absolute Gasteiger partial charge is 0.0791 e. The maximum atomic E-state index is 2.39. The summed E-state index contributed by atoms with van der Waals surface area (Å²) in [5.41, 5.74) is 0. The lowest BCUT2D eigenvalue weighted by atomic mass is 10.1. The Hall–Kier alpha value is -1.12. The molecule has 3 aromatic rings. The number of benzene rings is 2. The number of hydrogen-bond acceptors (Lipinski definition) is 1. The molecule has 1 heterocycles. The van der Waals surface area contributed by atoms with Crippen LogP contribution in [0.5, 0.6) is 0 Å². The minimum Gasteiger partial charge on any atom is -0.135 e. The minimum atomic E-state index is -0.344. The average Bonchev–Trinajstić information content (AvgIpc) is 2.66. The van der Waals surface area contributed by atoms with Gasteiger partial charge in [-0.25, -0.2) is 0 Å². The summed E-state index contributed by atoms with van der Waals surface area (Å²) in [5.74, 6) is 0. The van der Waals surface area contributed by atoms with Crippen molar-refractivity contribution in [2.24, 2.45) is 0 Å². The van der Waals surface area contributed by atoms with Gasteiger partial charge in [0.25, 0.3) is 0 Å². The molecule has 0 bridgehead atoms. The summed E-state index contributed by atoms with van der Waals surface area (Å²) >= 11 is 1.89. The van der Waals surface area contributed by atoms with E-state index < -0.39 is 0 Å². The van der Waals surface area contributed by atoms with Crippen LogP contribution in [0.3, 0.4) is 0 Å². The van der Waals surface area contributed by atoms with E-state index in [-0.39, 0.29) is 8.80 Å². The van der Waals surface area contributed by atoms with E-state index in [0.717, 1.165) is 0 Å². The van der Waals surface area contributed by atoms with Gasteiger partial charge in [-0.2, -0.15) is 0 Å². The highest BCUT2D eigenvalue weighted by Crippen LogP contribution is 2.32. The van der Waals surface area contributed by atoms with Crippen LogP contribution in [-0.2, 0) is 0 Å². The zero-order chi connectivity index (χ0) is 11.1. The van der Waals surface area contributed by atoms with Crippen molar-refractivity contribution >= 4 is 45.5 Å². The number of fused-ring (bicyclic) bond motifs is 3. The van der Waals surface area contributed by atoms with Crippen LogP contribution in [0.2, 0.25) is 13.1 Å². The predicted octanol–water partition coefficient (Wildman–Crippen LogP) is 4.02. The van der Waals surface area contributed by atoms with Gasteiger partial charge in [0.2, 0.25) is 0 Å². The average molecular weight is 241 g/mol. The van der Waals surface area contributed by atoms with Crippen molar-refractivity contribution in [3.63, 3.8) is 0 Å². The van der Waals surface area contributed by atoms with Crippen LogP contribution in [0.4, 0.5) is 0 Å². The summed E-state index contributed by atoms with van der Waals surface area (Å²) in [6.07, 6.45) is 0. The zero-order valence-electron chi connectivity index (χ0n) is 9.45. The molecule has 0 nitrogen and oxygen atoms in total. The van der Waals surface area contributed by atoms with E-state index in [1.807, 2.05) is 11.3 Å². The second-order valence-electron chi connectivity index (χ2n) is 4.31. The van der Waals surface area contributed by atoms with E-state index in [4.69, 9.17) is 0 Å². The molecule has 79 valence electrons. The Morgan fingerprint density at radius 3 is 2.44 bits per heavy atom. The fourth-order valence-corrected chi connectivity index (χ4v) is 3.97. The molecule has 2 heteroatoms. The highest BCUT2D eigenvalue weighted by Gasteiger charge is 2.07. The fourth-order valence-electron chi connectivity index (χ4n) is 2.04. The molecule has 1 aromatic heterocycles. The van der Waals surface area contributed by atoms with E-state index in [1.54, 1.807) is 0 Å². The first-order valence-corrected chi connectivity index (χ1v) is 8.79. The Morgan fingerprint density at radius 1 is 0.875 bits per heavy atom. The Bertz CT molecular complexity index is 652. The van der Waals surface area contributed by atoms with Gasteiger partial charge in [0.05, 0.1) is 8.80 Å². The quantitative estimate of drug-likeness (QED) is 0.565. The summed E-state index contributed by atoms with van der Waals surface area (Å²) in [6.45, 7) is 4.70. The van der Waals surface area contributed by atoms with Gasteiger partial charge in [0.1, 0.15) is 0 Å². The number of rotatable bonds is 1. The molecular formula is C14H13SSi. The molecule has 0 atom stereocenters. The van der Waals surface area contributed by atoms with Gasteiger partial charge in [0, 0.05) is 20.2 Å². The maximum absolute atomic E-state index is 2.39. The van der Waals surface area contributed by atoms with Gasteiger partial charge in [-0.1, -0.05) is 48.6 Å². The van der Waals surface area contributed by atoms with E-state index >= 15 is 0 Å². The van der Waals surface area contributed by atoms with Crippen molar-refractivity contribution in [3.05, 3.63) is 42.5 Å². The van der Waals surface area contributed by atoms with Crippen LogP contribution in [0, 0.1) is 0 Å². The van der Waals surface area contributed by atoms with Gasteiger partial charge in [-0.05, 0) is 12.1 Å². The van der Waals surface area contributed by atoms with Crippen molar-refractivity contribution in [2.75, 3.05) is 0 Å². The van der Waals surface area contributed by atoms with E-state index in [2.05, 4.69) is 55.6 Å². The second kappa shape index (κ2) is 3.72. The van der Waals surface area contributed by atoms with Crippen LogP contribution in [-0.4, -0.2) is 8.80 Å². The molecule has 0 unspecified atom stereocenters. The number of thiophene rings is 1. The van der Waals surface area contributed by atoms with Crippen molar-refractivity contribution in [3.8, 4) is 0 Å². The van der Waals surface area contributed by atoms with Gasteiger partial charge in [0.15, 0.2) is 0 Å². The third-order valence-corrected chi connectivity index (χ3v) is 5.57. The molecule has 0 fully saturated rings. The largest absolute Gasteiger partial charge is 0.135 e. The van der Waals surface area contributed by atoms with E-state index in [9.17, 15) is 0 Å². The lowest BCUT2D eigenvalue weighted by molar-refractivity contribution is 1.85. The Balaban J connectivity index is 2.40. The molecule has 0 amide bonds. The topological polar surface area (TPSA) is 0 Å². The van der Waals surface area contributed by atoms with Crippen LogP contribution in [0.1, 0.15) is 0 Å². The lowest BCUT2D eigenvalue weighted by Gasteiger charge is -2.02. The first kappa shape index (κ1) is 10.1. The summed E-state index contributed by atoms with van der Waals surface area (Å²) in [5, 5.41) is 4.37. The van der Waals surface area contributed by atoms with Crippen molar-refractivity contribution in [1.82, 2.24) is 0 Å². The molecule has 1 radical (unpaired) electrons. The number of hydrogen-bond donors (Lipinski definition) is 0. The lowest BCUT2D eigenvalue weighted by Crippen LogP contribution is -2.21. The normalized spacial score (nSPS) is 11.7. The monoisotopic (exact) mass is 241 g/mol. The predicted molar refractivity (Wildman–Crippen MR) is 76.4 cm³/mol. The van der Waals surface area contributed by atoms with Crippen molar-refractivity contribution in [2.45, 2.75) is 13.1 Å². The fraction of sp³-hybridized carbons (Fsp3) is 0.143. The van der Waals surface area contributed by atoms with Gasteiger partial charge in [-0.15, -0.1) is 11.3 Å². The molecule has 0 aliphatic rings. The highest BCUT2D eigenvalue weighted by atomic mass is 32.1. The summed E-state index contributed by atoms with van der Waals surface area (Å²) in [7, 11) is -0.344. The van der Waals surface area contributed by atoms with Gasteiger partial charge >= 0.3 is 0 Å². The SMILES string of the molecule is C[Si](C)c1ccc2sc3ccccc3c2c1. The summed E-state index contributed by atoms with van der Waals surface area (Å²) < 4.78 is 2.81. The molecule has 0 N–H and O–H groups in total. The first-order chi connectivity index (χ1) is 7.75. The van der Waals surface area contributed by atoms with Crippen LogP contribution in [0.25, 0.3) is 20.2 Å². The maximum Gasteiger partial charge on any atom is 0.0791 e. The van der Waals surface area contributed by atoms with Gasteiger partial charge < -0.3 is 0 Å². The molecule has 0 aliphatic carbocycles. The standard InChI is InChI=1S/C14H13SSi/c1-16(2)10-7-8-14-12(9-10)11-5-3-4-6-13(11)15-14/h3-9H,1-2H3. The van der Waals surface area contributed by atoms with Crippen LogP contribution in [0.15, 0.2) is 42.5 Å². The third kappa shape index (κ3) is 1.49. The second-order valence-corrected chi connectivity index (χ2v) is 7.97. The molecule has 0 spiro atoms. The zero-order valence-corrected chi connectivity index (χ0v) is 11.3. The van der Waals surface area contributed by atoms with Crippen LogP contribution < -0.4 is 5.19 Å². The van der Waals surface area contributed by atoms with E-state index in [1.165, 1.54) is 25.4 Å². The summed E-state index contributed by atoms with van der Waals surface area (Å²) in [4.78, 5) is 0. The van der Waals surface area contributed by atoms with Gasteiger partial charge in [-0.3, -0.25) is 0 Å². The Morgan fingerprint density at radius 2 is 1.62 bits per heavy atom. The minimum absolute atomic E-state index is 0.344. The third-order valence-electron chi connectivity index (χ3n) is 2.95.